The Morgan fingerprint density at radius 1 is 1.37 bits per heavy atom. The second kappa shape index (κ2) is 6.25. The van der Waals surface area contributed by atoms with Gasteiger partial charge in [0.15, 0.2) is 0 Å². The second-order valence-electron chi connectivity index (χ2n) is 5.59. The van der Waals surface area contributed by atoms with E-state index in [4.69, 9.17) is 0 Å². The van der Waals surface area contributed by atoms with Crippen molar-refractivity contribution in [1.82, 2.24) is 10.2 Å². The van der Waals surface area contributed by atoms with Crippen molar-refractivity contribution in [3.8, 4) is 0 Å². The molecule has 1 heterocycles. The highest BCUT2D eigenvalue weighted by Crippen LogP contribution is 2.26. The topological polar surface area (TPSA) is 18.5 Å². The fourth-order valence-electron chi connectivity index (χ4n) is 2.83. The van der Waals surface area contributed by atoms with Gasteiger partial charge in [0.2, 0.25) is 0 Å². The van der Waals surface area contributed by atoms with Crippen molar-refractivity contribution >= 4 is 21.6 Å². The van der Waals surface area contributed by atoms with Crippen molar-refractivity contribution in [3.05, 3.63) is 28.2 Å². The molecule has 0 aliphatic carbocycles. The third-order valence-electron chi connectivity index (χ3n) is 4.03. The minimum absolute atomic E-state index is 0.554. The monoisotopic (exact) mass is 325 g/mol. The van der Waals surface area contributed by atoms with Crippen LogP contribution in [-0.2, 0) is 0 Å². The van der Waals surface area contributed by atoms with Gasteiger partial charge < -0.3 is 10.2 Å². The molecule has 1 aromatic rings. The Bertz CT molecular complexity index is 435. The van der Waals surface area contributed by atoms with E-state index in [0.717, 1.165) is 19.6 Å². The third-order valence-corrected chi connectivity index (χ3v) is 4.92. The summed E-state index contributed by atoms with van der Waals surface area (Å²) in [6.45, 7) is 7.69. The van der Waals surface area contributed by atoms with Gasteiger partial charge in [-0.1, -0.05) is 15.9 Å². The summed E-state index contributed by atoms with van der Waals surface area (Å²) in [7, 11) is 4.25. The Labute approximate surface area is 125 Å². The van der Waals surface area contributed by atoms with E-state index in [-0.39, 0.29) is 0 Å². The van der Waals surface area contributed by atoms with Crippen LogP contribution in [-0.4, -0.2) is 50.7 Å². The van der Waals surface area contributed by atoms with E-state index in [1.54, 1.807) is 0 Å². The number of hydrogen-bond donors (Lipinski definition) is 1. The fourth-order valence-corrected chi connectivity index (χ4v) is 3.08. The molecule has 1 saturated heterocycles. The van der Waals surface area contributed by atoms with Crippen LogP contribution in [0.3, 0.4) is 0 Å². The molecule has 1 N–H and O–H groups in total. The molecule has 3 nitrogen and oxygen atoms in total. The Morgan fingerprint density at radius 3 is 2.74 bits per heavy atom. The highest BCUT2D eigenvalue weighted by Gasteiger charge is 2.29. The first kappa shape index (κ1) is 14.8. The number of rotatable bonds is 3. The zero-order chi connectivity index (χ0) is 14.0. The maximum atomic E-state index is 3.58. The predicted octanol–water partition coefficient (Wildman–Crippen LogP) is 2.49. The maximum absolute atomic E-state index is 3.58. The number of nitrogens with zero attached hydrogens (tertiary/aromatic N) is 2. The quantitative estimate of drug-likeness (QED) is 0.921. The average molecular weight is 326 g/mol. The Morgan fingerprint density at radius 2 is 2.11 bits per heavy atom. The van der Waals surface area contributed by atoms with Gasteiger partial charge in [0.1, 0.15) is 0 Å². The standard InChI is InChI=1S/C15H24BrN3/c1-11-7-13(5-6-15(11)16)19-10-14(8-17-3)18(4)9-12(19)2/h5-7,12,14,17H,8-10H2,1-4H3. The van der Waals surface area contributed by atoms with Crippen molar-refractivity contribution in [1.29, 1.82) is 0 Å². The van der Waals surface area contributed by atoms with E-state index >= 15 is 0 Å². The Balaban J connectivity index is 2.19. The van der Waals surface area contributed by atoms with E-state index in [0.29, 0.717) is 12.1 Å². The second-order valence-corrected chi connectivity index (χ2v) is 6.44. The number of halogens is 1. The summed E-state index contributed by atoms with van der Waals surface area (Å²) in [4.78, 5) is 4.99. The van der Waals surface area contributed by atoms with Crippen molar-refractivity contribution in [2.24, 2.45) is 0 Å². The summed E-state index contributed by atoms with van der Waals surface area (Å²) in [6, 6.07) is 7.78. The molecule has 0 aromatic heterocycles. The highest BCUT2D eigenvalue weighted by molar-refractivity contribution is 9.10. The zero-order valence-electron chi connectivity index (χ0n) is 12.3. The third kappa shape index (κ3) is 3.30. The lowest BCUT2D eigenvalue weighted by atomic mass is 10.1. The molecule has 1 aliphatic heterocycles. The number of likely N-dealkylation sites (N-methyl/N-ethyl adjacent to an activating group) is 2. The van der Waals surface area contributed by atoms with E-state index in [9.17, 15) is 0 Å². The number of hydrogen-bond acceptors (Lipinski definition) is 3. The van der Waals surface area contributed by atoms with Gasteiger partial charge in [-0.05, 0) is 51.7 Å². The van der Waals surface area contributed by atoms with E-state index in [2.05, 4.69) is 70.1 Å². The smallest absolute Gasteiger partial charge is 0.0393 e. The number of nitrogens with one attached hydrogen (secondary N) is 1. The van der Waals surface area contributed by atoms with Crippen molar-refractivity contribution < 1.29 is 0 Å². The minimum Gasteiger partial charge on any atom is -0.366 e. The lowest BCUT2D eigenvalue weighted by molar-refractivity contribution is 0.190. The molecule has 0 saturated carbocycles. The molecular weight excluding hydrogens is 302 g/mol. The number of aryl methyl sites for hydroxylation is 1. The number of piperazine rings is 1. The Kier molecular flexibility index (Phi) is 4.87. The van der Waals surface area contributed by atoms with Crippen molar-refractivity contribution in [2.75, 3.05) is 38.6 Å². The summed E-state index contributed by atoms with van der Waals surface area (Å²) < 4.78 is 1.19. The fraction of sp³-hybridized carbons (Fsp3) is 0.600. The van der Waals surface area contributed by atoms with Crippen LogP contribution in [0.1, 0.15) is 12.5 Å². The van der Waals surface area contributed by atoms with Gasteiger partial charge in [-0.3, -0.25) is 4.90 Å². The summed E-state index contributed by atoms with van der Waals surface area (Å²) in [5.41, 5.74) is 2.64. The van der Waals surface area contributed by atoms with Crippen LogP contribution in [0.25, 0.3) is 0 Å². The van der Waals surface area contributed by atoms with E-state index in [1.165, 1.54) is 15.7 Å². The number of benzene rings is 1. The molecule has 0 radical (unpaired) electrons. The normalized spacial score (nSPS) is 24.8. The molecule has 1 fully saturated rings. The molecular formula is C15H24BrN3. The molecule has 1 aliphatic rings. The lowest BCUT2D eigenvalue weighted by Crippen LogP contribution is -2.58. The average Bonchev–Trinajstić information content (AvgIpc) is 2.36. The first-order chi connectivity index (χ1) is 9.02. The van der Waals surface area contributed by atoms with Crippen molar-refractivity contribution in [2.45, 2.75) is 25.9 Å². The van der Waals surface area contributed by atoms with Crippen LogP contribution >= 0.6 is 15.9 Å². The molecule has 2 unspecified atom stereocenters. The zero-order valence-corrected chi connectivity index (χ0v) is 13.9. The predicted molar refractivity (Wildman–Crippen MR) is 86.0 cm³/mol. The van der Waals surface area contributed by atoms with Crippen molar-refractivity contribution in [3.63, 3.8) is 0 Å². The SMILES string of the molecule is CNCC1CN(c2ccc(Br)c(C)c2)C(C)CN1C. The van der Waals surface area contributed by atoms with Gasteiger partial charge in [-0.2, -0.15) is 0 Å². The van der Waals surface area contributed by atoms with Gasteiger partial charge in [0.25, 0.3) is 0 Å². The molecule has 0 amide bonds. The molecule has 2 atom stereocenters. The largest absolute Gasteiger partial charge is 0.366 e. The summed E-state index contributed by atoms with van der Waals surface area (Å²) in [5, 5.41) is 3.30. The lowest BCUT2D eigenvalue weighted by Gasteiger charge is -2.45. The first-order valence-electron chi connectivity index (χ1n) is 6.90. The molecule has 0 spiro atoms. The molecule has 1 aromatic carbocycles. The van der Waals surface area contributed by atoms with Gasteiger partial charge >= 0.3 is 0 Å². The van der Waals surface area contributed by atoms with Gasteiger partial charge in [0.05, 0.1) is 0 Å². The van der Waals surface area contributed by atoms with Crippen LogP contribution in [0.2, 0.25) is 0 Å². The molecule has 106 valence electrons. The molecule has 0 bridgehead atoms. The summed E-state index contributed by atoms with van der Waals surface area (Å²) >= 11 is 3.58. The van der Waals surface area contributed by atoms with E-state index < -0.39 is 0 Å². The molecule has 19 heavy (non-hydrogen) atoms. The van der Waals surface area contributed by atoms with Gasteiger partial charge in [-0.15, -0.1) is 0 Å². The van der Waals surface area contributed by atoms with Crippen LogP contribution < -0.4 is 10.2 Å². The summed E-state index contributed by atoms with van der Waals surface area (Å²) in [5.74, 6) is 0. The van der Waals surface area contributed by atoms with Crippen LogP contribution in [0.15, 0.2) is 22.7 Å². The van der Waals surface area contributed by atoms with Crippen LogP contribution in [0.4, 0.5) is 5.69 Å². The van der Waals surface area contributed by atoms with Gasteiger partial charge in [0, 0.05) is 41.9 Å². The van der Waals surface area contributed by atoms with Crippen LogP contribution in [0.5, 0.6) is 0 Å². The molecule has 4 heteroatoms. The minimum atomic E-state index is 0.554. The van der Waals surface area contributed by atoms with E-state index in [1.807, 2.05) is 7.05 Å². The maximum Gasteiger partial charge on any atom is 0.0393 e. The molecule has 2 rings (SSSR count). The van der Waals surface area contributed by atoms with Crippen LogP contribution in [0, 0.1) is 6.92 Å². The Hall–Kier alpha value is -0.580. The highest BCUT2D eigenvalue weighted by atomic mass is 79.9. The summed E-state index contributed by atoms with van der Waals surface area (Å²) in [6.07, 6.45) is 0. The number of anilines is 1. The van der Waals surface area contributed by atoms with Gasteiger partial charge in [-0.25, -0.2) is 0 Å². The first-order valence-corrected chi connectivity index (χ1v) is 7.70.